The molecule has 1 atom stereocenters. The van der Waals surface area contributed by atoms with Crippen LogP contribution in [0.15, 0.2) is 22.7 Å². The number of halogens is 1. The molecule has 0 heterocycles. The molecule has 3 heteroatoms. The smallest absolute Gasteiger partial charge is 0.0511 e. The van der Waals surface area contributed by atoms with Crippen molar-refractivity contribution < 1.29 is 0 Å². The molecular formula is C18H31BrN2. The monoisotopic (exact) mass is 354 g/mol. The summed E-state index contributed by atoms with van der Waals surface area (Å²) < 4.78 is 1.18. The summed E-state index contributed by atoms with van der Waals surface area (Å²) in [5.41, 5.74) is 8.67. The standard InChI is InChI=1S/C18H31BrN2/c1-6-16(20)9-15-7-8-18(17(19)10-15)21(11-13(2)3)12-14(4)5/h7-8,10,13-14,16H,6,9,11-12,20H2,1-5H3. The third kappa shape index (κ3) is 6.39. The molecule has 0 saturated heterocycles. The maximum Gasteiger partial charge on any atom is 0.0511 e. The Morgan fingerprint density at radius 3 is 2.10 bits per heavy atom. The molecule has 0 radical (unpaired) electrons. The molecule has 0 amide bonds. The van der Waals surface area contributed by atoms with Gasteiger partial charge in [-0.15, -0.1) is 0 Å². The summed E-state index contributed by atoms with van der Waals surface area (Å²) in [7, 11) is 0. The molecular weight excluding hydrogens is 324 g/mol. The molecule has 120 valence electrons. The predicted molar refractivity (Wildman–Crippen MR) is 98.0 cm³/mol. The van der Waals surface area contributed by atoms with Gasteiger partial charge < -0.3 is 10.6 Å². The Hall–Kier alpha value is -0.540. The molecule has 1 rings (SSSR count). The van der Waals surface area contributed by atoms with Crippen molar-refractivity contribution in [3.05, 3.63) is 28.2 Å². The molecule has 0 aromatic heterocycles. The fraction of sp³-hybridized carbons (Fsp3) is 0.667. The highest BCUT2D eigenvalue weighted by Crippen LogP contribution is 2.29. The minimum atomic E-state index is 0.255. The number of rotatable bonds is 8. The van der Waals surface area contributed by atoms with Crippen molar-refractivity contribution in [1.29, 1.82) is 0 Å². The zero-order chi connectivity index (χ0) is 16.0. The summed E-state index contributed by atoms with van der Waals surface area (Å²) in [6, 6.07) is 6.96. The molecule has 0 bridgehead atoms. The Morgan fingerprint density at radius 2 is 1.67 bits per heavy atom. The average Bonchev–Trinajstić information content (AvgIpc) is 2.36. The van der Waals surface area contributed by atoms with Crippen LogP contribution < -0.4 is 10.6 Å². The number of hydrogen-bond donors (Lipinski definition) is 1. The van der Waals surface area contributed by atoms with E-state index >= 15 is 0 Å². The highest BCUT2D eigenvalue weighted by atomic mass is 79.9. The first-order valence-electron chi connectivity index (χ1n) is 8.12. The van der Waals surface area contributed by atoms with Crippen molar-refractivity contribution in [3.63, 3.8) is 0 Å². The highest BCUT2D eigenvalue weighted by molar-refractivity contribution is 9.10. The molecule has 1 aromatic carbocycles. The van der Waals surface area contributed by atoms with Gasteiger partial charge in [-0.1, -0.05) is 40.7 Å². The van der Waals surface area contributed by atoms with E-state index in [2.05, 4.69) is 73.6 Å². The quantitative estimate of drug-likeness (QED) is 0.722. The molecule has 0 fully saturated rings. The molecule has 2 nitrogen and oxygen atoms in total. The molecule has 0 saturated carbocycles. The maximum atomic E-state index is 6.06. The molecule has 1 aromatic rings. The first-order chi connectivity index (χ1) is 9.83. The summed E-state index contributed by atoms with van der Waals surface area (Å²) in [4.78, 5) is 2.49. The second kappa shape index (κ2) is 8.79. The second-order valence-corrected chi connectivity index (χ2v) is 7.71. The fourth-order valence-electron chi connectivity index (χ4n) is 2.53. The topological polar surface area (TPSA) is 29.3 Å². The van der Waals surface area contributed by atoms with Crippen LogP contribution in [0.5, 0.6) is 0 Å². The van der Waals surface area contributed by atoms with Crippen LogP contribution in [0.2, 0.25) is 0 Å². The van der Waals surface area contributed by atoms with Crippen LogP contribution in [0, 0.1) is 11.8 Å². The number of nitrogens with two attached hydrogens (primary N) is 1. The van der Waals surface area contributed by atoms with Crippen molar-refractivity contribution in [1.82, 2.24) is 0 Å². The Labute approximate surface area is 139 Å². The third-order valence-corrected chi connectivity index (χ3v) is 4.18. The van der Waals surface area contributed by atoms with Gasteiger partial charge in [0.05, 0.1) is 5.69 Å². The summed E-state index contributed by atoms with van der Waals surface area (Å²) in [5.74, 6) is 1.31. The van der Waals surface area contributed by atoms with E-state index in [9.17, 15) is 0 Å². The van der Waals surface area contributed by atoms with Crippen LogP contribution in [0.1, 0.15) is 46.6 Å². The molecule has 0 aliphatic rings. The lowest BCUT2D eigenvalue weighted by Gasteiger charge is -2.29. The zero-order valence-electron chi connectivity index (χ0n) is 14.2. The second-order valence-electron chi connectivity index (χ2n) is 6.85. The van der Waals surface area contributed by atoms with Crippen molar-refractivity contribution in [2.75, 3.05) is 18.0 Å². The Kier molecular flexibility index (Phi) is 7.75. The first kappa shape index (κ1) is 18.5. The predicted octanol–water partition coefficient (Wildman–Crippen LogP) is 4.85. The van der Waals surface area contributed by atoms with Crippen molar-refractivity contribution in [2.45, 2.75) is 53.5 Å². The average molecular weight is 355 g/mol. The molecule has 2 N–H and O–H groups in total. The lowest BCUT2D eigenvalue weighted by atomic mass is 10.0. The van der Waals surface area contributed by atoms with Crippen molar-refractivity contribution >= 4 is 21.6 Å². The van der Waals surface area contributed by atoms with E-state index in [4.69, 9.17) is 5.73 Å². The van der Waals surface area contributed by atoms with Gasteiger partial charge in [0.15, 0.2) is 0 Å². The van der Waals surface area contributed by atoms with Gasteiger partial charge in [0.1, 0.15) is 0 Å². The van der Waals surface area contributed by atoms with Gasteiger partial charge in [-0.25, -0.2) is 0 Å². The van der Waals surface area contributed by atoms with E-state index in [1.165, 1.54) is 15.7 Å². The third-order valence-electron chi connectivity index (χ3n) is 3.55. The van der Waals surface area contributed by atoms with Crippen molar-refractivity contribution in [3.8, 4) is 0 Å². The Morgan fingerprint density at radius 1 is 1.10 bits per heavy atom. The first-order valence-corrected chi connectivity index (χ1v) is 8.91. The van der Waals surface area contributed by atoms with Gasteiger partial charge in [0.25, 0.3) is 0 Å². The number of anilines is 1. The van der Waals surface area contributed by atoms with E-state index < -0.39 is 0 Å². The van der Waals surface area contributed by atoms with Gasteiger partial charge in [0.2, 0.25) is 0 Å². The minimum absolute atomic E-state index is 0.255. The molecule has 0 aliphatic carbocycles. The van der Waals surface area contributed by atoms with Gasteiger partial charge in [-0.05, 0) is 58.3 Å². The lowest BCUT2D eigenvalue weighted by Crippen LogP contribution is -2.31. The summed E-state index contributed by atoms with van der Waals surface area (Å²) >= 11 is 3.76. The lowest BCUT2D eigenvalue weighted by molar-refractivity contribution is 0.552. The maximum absolute atomic E-state index is 6.06. The minimum Gasteiger partial charge on any atom is -0.370 e. The van der Waals surface area contributed by atoms with E-state index in [0.717, 1.165) is 25.9 Å². The highest BCUT2D eigenvalue weighted by Gasteiger charge is 2.14. The van der Waals surface area contributed by atoms with Crippen LogP contribution in [-0.4, -0.2) is 19.1 Å². The van der Waals surface area contributed by atoms with Gasteiger partial charge in [-0.3, -0.25) is 0 Å². The summed E-state index contributed by atoms with van der Waals surface area (Å²) in [6.45, 7) is 13.4. The van der Waals surface area contributed by atoms with E-state index in [1.54, 1.807) is 0 Å². The Balaban J connectivity index is 2.93. The fourth-order valence-corrected chi connectivity index (χ4v) is 3.21. The summed E-state index contributed by atoms with van der Waals surface area (Å²) in [6.07, 6.45) is 1.97. The normalized spacial score (nSPS) is 13.0. The van der Waals surface area contributed by atoms with Gasteiger partial charge in [0, 0.05) is 23.6 Å². The van der Waals surface area contributed by atoms with Crippen LogP contribution >= 0.6 is 15.9 Å². The molecule has 0 spiro atoms. The molecule has 1 unspecified atom stereocenters. The van der Waals surface area contributed by atoms with Crippen LogP contribution in [0.4, 0.5) is 5.69 Å². The summed E-state index contributed by atoms with van der Waals surface area (Å²) in [5, 5.41) is 0. The number of nitrogens with zero attached hydrogens (tertiary/aromatic N) is 1. The molecule has 0 aliphatic heterocycles. The SMILES string of the molecule is CCC(N)Cc1ccc(N(CC(C)C)CC(C)C)c(Br)c1. The van der Waals surface area contributed by atoms with Crippen LogP contribution in [0.3, 0.4) is 0 Å². The zero-order valence-corrected chi connectivity index (χ0v) is 15.8. The van der Waals surface area contributed by atoms with Crippen molar-refractivity contribution in [2.24, 2.45) is 17.6 Å². The largest absolute Gasteiger partial charge is 0.370 e. The molecule has 21 heavy (non-hydrogen) atoms. The van der Waals surface area contributed by atoms with Gasteiger partial charge in [-0.2, -0.15) is 0 Å². The van der Waals surface area contributed by atoms with E-state index in [0.29, 0.717) is 11.8 Å². The van der Waals surface area contributed by atoms with Crippen LogP contribution in [-0.2, 0) is 6.42 Å². The Bertz CT molecular complexity index is 419. The number of hydrogen-bond acceptors (Lipinski definition) is 2. The van der Waals surface area contributed by atoms with E-state index in [1.807, 2.05) is 0 Å². The van der Waals surface area contributed by atoms with Gasteiger partial charge >= 0.3 is 0 Å². The van der Waals surface area contributed by atoms with Crippen LogP contribution in [0.25, 0.3) is 0 Å². The number of benzene rings is 1. The van der Waals surface area contributed by atoms with E-state index in [-0.39, 0.29) is 6.04 Å².